The van der Waals surface area contributed by atoms with E-state index in [1.165, 1.54) is 11.8 Å². The fourth-order valence-electron chi connectivity index (χ4n) is 4.12. The molecule has 8 heteroatoms. The molecule has 0 aliphatic carbocycles. The van der Waals surface area contributed by atoms with Gasteiger partial charge in [-0.3, -0.25) is 9.69 Å². The van der Waals surface area contributed by atoms with Crippen LogP contribution < -0.4 is 15.0 Å². The number of anilines is 1. The first kappa shape index (κ1) is 24.6. The number of nitrogens with one attached hydrogen (secondary N) is 1. The van der Waals surface area contributed by atoms with Gasteiger partial charge in [-0.15, -0.1) is 0 Å². The van der Waals surface area contributed by atoms with Crippen LogP contribution in [0.15, 0.2) is 72.8 Å². The van der Waals surface area contributed by atoms with E-state index in [2.05, 4.69) is 27.2 Å². The van der Waals surface area contributed by atoms with Crippen molar-refractivity contribution in [2.45, 2.75) is 19.3 Å². The van der Waals surface area contributed by atoms with Gasteiger partial charge in [-0.05, 0) is 59.7 Å². The molecule has 1 fully saturated rings. The highest BCUT2D eigenvalue weighted by molar-refractivity contribution is 5.94. The fraction of sp³-hybridized carbons (Fsp3) is 0.296. The Morgan fingerprint density at radius 1 is 0.914 bits per heavy atom. The molecule has 1 heterocycles. The molecule has 4 rings (SSSR count). The first-order valence-electron chi connectivity index (χ1n) is 11.5. The van der Waals surface area contributed by atoms with Crippen LogP contribution in [0.25, 0.3) is 0 Å². The summed E-state index contributed by atoms with van der Waals surface area (Å²) in [6.07, 6.45) is -4.40. The number of hydrogen-bond donors (Lipinski definition) is 1. The highest BCUT2D eigenvalue weighted by Crippen LogP contribution is 2.29. The number of nitrogens with zero attached hydrogens (tertiary/aromatic N) is 2. The van der Waals surface area contributed by atoms with Gasteiger partial charge in [0.25, 0.3) is 5.91 Å². The molecule has 1 aliphatic rings. The molecule has 5 nitrogen and oxygen atoms in total. The standard InChI is InChI=1S/C27H28F3N3O2/c1-35-25-11-9-24(10-12-25)33-15-13-32(14-16-33)19-20-5-7-22(8-6-20)26(34)31-18-21-3-2-4-23(17-21)27(28,29)30/h2-12,17H,13-16,18-19H2,1H3,(H,31,34). The lowest BCUT2D eigenvalue weighted by molar-refractivity contribution is -0.137. The van der Waals surface area contributed by atoms with Crippen LogP contribution in [0.3, 0.4) is 0 Å². The average Bonchev–Trinajstić information content (AvgIpc) is 2.88. The van der Waals surface area contributed by atoms with E-state index in [0.29, 0.717) is 11.1 Å². The van der Waals surface area contributed by atoms with Crippen molar-refractivity contribution in [3.63, 3.8) is 0 Å². The van der Waals surface area contributed by atoms with Crippen molar-refractivity contribution in [1.29, 1.82) is 0 Å². The lowest BCUT2D eigenvalue weighted by atomic mass is 10.1. The molecular formula is C27H28F3N3O2. The summed E-state index contributed by atoms with van der Waals surface area (Å²) in [5, 5.41) is 2.69. The molecule has 0 unspecified atom stereocenters. The number of hydrogen-bond acceptors (Lipinski definition) is 4. The van der Waals surface area contributed by atoms with Crippen molar-refractivity contribution >= 4 is 11.6 Å². The average molecular weight is 484 g/mol. The van der Waals surface area contributed by atoms with Gasteiger partial charge < -0.3 is 15.0 Å². The third kappa shape index (κ3) is 6.54. The number of rotatable bonds is 7. The Morgan fingerprint density at radius 3 is 2.23 bits per heavy atom. The molecule has 1 saturated heterocycles. The Kier molecular flexibility index (Phi) is 7.60. The minimum atomic E-state index is -4.40. The molecule has 3 aromatic rings. The van der Waals surface area contributed by atoms with Gasteiger partial charge in [0.2, 0.25) is 0 Å². The van der Waals surface area contributed by atoms with Gasteiger partial charge in [0.05, 0.1) is 12.7 Å². The summed E-state index contributed by atoms with van der Waals surface area (Å²) in [4.78, 5) is 17.2. The Hall–Kier alpha value is -3.52. The SMILES string of the molecule is COc1ccc(N2CCN(Cc3ccc(C(=O)NCc4cccc(C(F)(F)F)c4)cc3)CC2)cc1. The van der Waals surface area contributed by atoms with Crippen LogP contribution in [0, 0.1) is 0 Å². The summed E-state index contributed by atoms with van der Waals surface area (Å²) in [6.45, 7) is 4.56. The van der Waals surface area contributed by atoms with Crippen LogP contribution in [0.1, 0.15) is 27.0 Å². The lowest BCUT2D eigenvalue weighted by Crippen LogP contribution is -2.45. The summed E-state index contributed by atoms with van der Waals surface area (Å²) in [5.74, 6) is 0.530. The van der Waals surface area contributed by atoms with Gasteiger partial charge >= 0.3 is 6.18 Å². The molecule has 0 spiro atoms. The number of benzene rings is 3. The molecular weight excluding hydrogens is 455 g/mol. The van der Waals surface area contributed by atoms with Gasteiger partial charge in [-0.25, -0.2) is 0 Å². The van der Waals surface area contributed by atoms with E-state index in [0.717, 1.165) is 56.2 Å². The van der Waals surface area contributed by atoms with E-state index in [4.69, 9.17) is 4.74 Å². The van der Waals surface area contributed by atoms with Gasteiger partial charge in [-0.1, -0.05) is 24.3 Å². The third-order valence-electron chi connectivity index (χ3n) is 6.14. The predicted molar refractivity (Wildman–Crippen MR) is 130 cm³/mol. The maximum absolute atomic E-state index is 12.9. The van der Waals surface area contributed by atoms with Gasteiger partial charge in [-0.2, -0.15) is 13.2 Å². The summed E-state index contributed by atoms with van der Waals surface area (Å²) in [5.41, 5.74) is 2.45. The molecule has 1 aliphatic heterocycles. The second-order valence-electron chi connectivity index (χ2n) is 8.54. The summed E-state index contributed by atoms with van der Waals surface area (Å²) in [6, 6.07) is 20.4. The van der Waals surface area contributed by atoms with Crippen LogP contribution in [0.4, 0.5) is 18.9 Å². The number of carbonyl (C=O) groups excluding carboxylic acids is 1. The molecule has 3 aromatic carbocycles. The number of alkyl halides is 3. The van der Waals surface area contributed by atoms with Crippen molar-refractivity contribution in [2.24, 2.45) is 0 Å². The monoisotopic (exact) mass is 483 g/mol. The minimum absolute atomic E-state index is 0.0307. The third-order valence-corrected chi connectivity index (χ3v) is 6.14. The van der Waals surface area contributed by atoms with E-state index in [9.17, 15) is 18.0 Å². The molecule has 0 radical (unpaired) electrons. The molecule has 35 heavy (non-hydrogen) atoms. The van der Waals surface area contributed by atoms with Gasteiger partial charge in [0.15, 0.2) is 0 Å². The van der Waals surface area contributed by atoms with Crippen LogP contribution in [0.5, 0.6) is 5.75 Å². The van der Waals surface area contributed by atoms with Crippen molar-refractivity contribution in [3.8, 4) is 5.75 Å². The smallest absolute Gasteiger partial charge is 0.416 e. The summed E-state index contributed by atoms with van der Waals surface area (Å²) < 4.78 is 43.8. The van der Waals surface area contributed by atoms with Crippen molar-refractivity contribution < 1.29 is 22.7 Å². The number of halogens is 3. The fourth-order valence-corrected chi connectivity index (χ4v) is 4.12. The molecule has 184 valence electrons. The Labute approximate surface area is 203 Å². The van der Waals surface area contributed by atoms with E-state index in [1.807, 2.05) is 24.3 Å². The summed E-state index contributed by atoms with van der Waals surface area (Å²) in [7, 11) is 1.66. The second-order valence-corrected chi connectivity index (χ2v) is 8.54. The highest BCUT2D eigenvalue weighted by Gasteiger charge is 2.30. The molecule has 1 amide bonds. The van der Waals surface area contributed by atoms with Gasteiger partial charge in [0.1, 0.15) is 5.75 Å². The van der Waals surface area contributed by atoms with Crippen molar-refractivity contribution in [1.82, 2.24) is 10.2 Å². The topological polar surface area (TPSA) is 44.8 Å². The van der Waals surface area contributed by atoms with Gasteiger partial charge in [0, 0.05) is 50.5 Å². The number of methoxy groups -OCH3 is 1. The van der Waals surface area contributed by atoms with Crippen LogP contribution >= 0.6 is 0 Å². The molecule has 1 N–H and O–H groups in total. The highest BCUT2D eigenvalue weighted by atomic mass is 19.4. The first-order chi connectivity index (χ1) is 16.8. The first-order valence-corrected chi connectivity index (χ1v) is 11.5. The zero-order valence-electron chi connectivity index (χ0n) is 19.5. The maximum Gasteiger partial charge on any atom is 0.416 e. The van der Waals surface area contributed by atoms with Crippen LogP contribution in [-0.2, 0) is 19.3 Å². The number of carbonyl (C=O) groups is 1. The Morgan fingerprint density at radius 2 is 1.60 bits per heavy atom. The lowest BCUT2D eigenvalue weighted by Gasteiger charge is -2.36. The second kappa shape index (κ2) is 10.8. The zero-order valence-corrected chi connectivity index (χ0v) is 19.5. The molecule has 0 atom stereocenters. The van der Waals surface area contributed by atoms with E-state index in [-0.39, 0.29) is 12.5 Å². The predicted octanol–water partition coefficient (Wildman–Crippen LogP) is 4.97. The van der Waals surface area contributed by atoms with Crippen molar-refractivity contribution in [3.05, 3.63) is 95.1 Å². The van der Waals surface area contributed by atoms with Crippen LogP contribution in [-0.4, -0.2) is 44.1 Å². The normalized spacial score (nSPS) is 14.6. The van der Waals surface area contributed by atoms with E-state index < -0.39 is 11.7 Å². The number of amides is 1. The largest absolute Gasteiger partial charge is 0.497 e. The van der Waals surface area contributed by atoms with E-state index >= 15 is 0 Å². The Balaban J connectivity index is 1.25. The quantitative estimate of drug-likeness (QED) is 0.516. The minimum Gasteiger partial charge on any atom is -0.497 e. The summed E-state index contributed by atoms with van der Waals surface area (Å²) >= 11 is 0. The molecule has 0 bridgehead atoms. The number of piperazine rings is 1. The zero-order chi connectivity index (χ0) is 24.8. The molecule has 0 aromatic heterocycles. The number of ether oxygens (including phenoxy) is 1. The molecule has 0 saturated carbocycles. The van der Waals surface area contributed by atoms with Crippen molar-refractivity contribution in [2.75, 3.05) is 38.2 Å². The maximum atomic E-state index is 12.9. The van der Waals surface area contributed by atoms with E-state index in [1.54, 1.807) is 25.3 Å². The van der Waals surface area contributed by atoms with Crippen LogP contribution in [0.2, 0.25) is 0 Å². The Bertz CT molecular complexity index is 1120.